The van der Waals surface area contributed by atoms with Crippen LogP contribution < -0.4 is 15.9 Å². The zero-order valence-electron chi connectivity index (χ0n) is 7.58. The van der Waals surface area contributed by atoms with E-state index in [0.29, 0.717) is 18.8 Å². The summed E-state index contributed by atoms with van der Waals surface area (Å²) in [4.78, 5) is 0. The fourth-order valence-corrected chi connectivity index (χ4v) is 1.68. The van der Waals surface area contributed by atoms with Gasteiger partial charge >= 0.3 is 0 Å². The monoisotopic (exact) mass is 179 g/mol. The standard InChI is InChI=1S/C9H13N3O/c1-2-12(13)9-4-3-8(10)5-7(9)6-11-12/h3-5,11H,2,6,10H2,1H3. The van der Waals surface area contributed by atoms with Crippen molar-refractivity contribution in [1.82, 2.24) is 10.2 Å². The van der Waals surface area contributed by atoms with E-state index in [4.69, 9.17) is 5.73 Å². The number of hydroxylamine groups is 1. The van der Waals surface area contributed by atoms with Crippen LogP contribution in [0.2, 0.25) is 0 Å². The molecule has 1 unspecified atom stereocenters. The molecule has 1 aliphatic rings. The van der Waals surface area contributed by atoms with Crippen molar-refractivity contribution in [2.24, 2.45) is 0 Å². The summed E-state index contributed by atoms with van der Waals surface area (Å²) in [6.07, 6.45) is 0. The SMILES string of the molecule is CC[N+]1([O-])NCc2cc(N)ccc21. The molecule has 0 radical (unpaired) electrons. The first-order valence-electron chi connectivity index (χ1n) is 4.39. The van der Waals surface area contributed by atoms with Crippen LogP contribution in [0.3, 0.4) is 0 Å². The maximum Gasteiger partial charge on any atom is 0.157 e. The van der Waals surface area contributed by atoms with Gasteiger partial charge in [0.15, 0.2) is 5.69 Å². The fraction of sp³-hybridized carbons (Fsp3) is 0.333. The molecular formula is C9H13N3O. The van der Waals surface area contributed by atoms with Crippen molar-refractivity contribution in [3.63, 3.8) is 0 Å². The van der Waals surface area contributed by atoms with E-state index in [2.05, 4.69) is 5.43 Å². The molecule has 0 aromatic heterocycles. The van der Waals surface area contributed by atoms with E-state index in [-0.39, 0.29) is 0 Å². The van der Waals surface area contributed by atoms with Crippen LogP contribution in [-0.4, -0.2) is 6.54 Å². The molecule has 2 rings (SSSR count). The summed E-state index contributed by atoms with van der Waals surface area (Å²) in [6, 6.07) is 5.43. The molecular weight excluding hydrogens is 166 g/mol. The lowest BCUT2D eigenvalue weighted by atomic mass is 10.1. The van der Waals surface area contributed by atoms with E-state index in [0.717, 1.165) is 11.3 Å². The van der Waals surface area contributed by atoms with Crippen LogP contribution in [-0.2, 0) is 6.54 Å². The number of nitrogen functional groups attached to an aromatic ring is 1. The molecule has 0 spiro atoms. The molecule has 0 fully saturated rings. The van der Waals surface area contributed by atoms with Crippen LogP contribution in [0.1, 0.15) is 12.5 Å². The molecule has 0 aliphatic carbocycles. The number of benzene rings is 1. The summed E-state index contributed by atoms with van der Waals surface area (Å²) < 4.78 is -0.435. The molecule has 3 N–H and O–H groups in total. The molecule has 0 saturated carbocycles. The minimum Gasteiger partial charge on any atom is -0.606 e. The lowest BCUT2D eigenvalue weighted by Gasteiger charge is -2.35. The highest BCUT2D eigenvalue weighted by atomic mass is 16.6. The molecule has 70 valence electrons. The van der Waals surface area contributed by atoms with Crippen molar-refractivity contribution in [2.45, 2.75) is 13.5 Å². The second-order valence-corrected chi connectivity index (χ2v) is 3.28. The number of hydrogen-bond donors (Lipinski definition) is 2. The smallest absolute Gasteiger partial charge is 0.157 e. The van der Waals surface area contributed by atoms with Gasteiger partial charge in [-0.25, -0.2) is 4.76 Å². The third-order valence-corrected chi connectivity index (χ3v) is 2.46. The van der Waals surface area contributed by atoms with Gasteiger partial charge in [-0.05, 0) is 19.1 Å². The highest BCUT2D eigenvalue weighted by Gasteiger charge is 2.28. The van der Waals surface area contributed by atoms with Crippen LogP contribution in [0, 0.1) is 5.21 Å². The quantitative estimate of drug-likeness (QED) is 0.385. The molecule has 1 aromatic carbocycles. The van der Waals surface area contributed by atoms with Gasteiger partial charge < -0.3 is 10.9 Å². The van der Waals surface area contributed by atoms with Gasteiger partial charge in [-0.15, -0.1) is 0 Å². The Balaban J connectivity index is 2.49. The Morgan fingerprint density at radius 3 is 3.08 bits per heavy atom. The van der Waals surface area contributed by atoms with E-state index in [1.165, 1.54) is 0 Å². The third-order valence-electron chi connectivity index (χ3n) is 2.46. The lowest BCUT2D eigenvalue weighted by Crippen LogP contribution is -2.50. The van der Waals surface area contributed by atoms with E-state index in [9.17, 15) is 5.21 Å². The van der Waals surface area contributed by atoms with Gasteiger partial charge in [0, 0.05) is 17.3 Å². The average molecular weight is 179 g/mol. The Labute approximate surface area is 77.1 Å². The molecule has 4 nitrogen and oxygen atoms in total. The molecule has 4 heteroatoms. The molecule has 1 aliphatic heterocycles. The predicted molar refractivity (Wildman–Crippen MR) is 53.4 cm³/mol. The Hall–Kier alpha value is -1.10. The van der Waals surface area contributed by atoms with Crippen molar-refractivity contribution in [1.29, 1.82) is 0 Å². The molecule has 1 aromatic rings. The van der Waals surface area contributed by atoms with Gasteiger partial charge in [0.1, 0.15) is 0 Å². The van der Waals surface area contributed by atoms with Crippen molar-refractivity contribution in [3.05, 3.63) is 29.0 Å². The first-order chi connectivity index (χ1) is 6.15. The van der Waals surface area contributed by atoms with Crippen molar-refractivity contribution < 1.29 is 0 Å². The zero-order valence-corrected chi connectivity index (χ0v) is 7.58. The number of fused-ring (bicyclic) bond motifs is 1. The van der Waals surface area contributed by atoms with E-state index < -0.39 is 4.76 Å². The maximum absolute atomic E-state index is 12.0. The molecule has 13 heavy (non-hydrogen) atoms. The first-order valence-corrected chi connectivity index (χ1v) is 4.39. The number of rotatable bonds is 1. The van der Waals surface area contributed by atoms with Crippen LogP contribution in [0.15, 0.2) is 18.2 Å². The number of nitrogens with zero attached hydrogens (tertiary/aromatic N) is 1. The Morgan fingerprint density at radius 1 is 1.62 bits per heavy atom. The van der Waals surface area contributed by atoms with E-state index in [1.54, 1.807) is 12.1 Å². The molecule has 1 heterocycles. The Bertz CT molecular complexity index is 340. The molecule has 0 amide bonds. The summed E-state index contributed by atoms with van der Waals surface area (Å²) in [5, 5.41) is 12.0. The molecule has 0 saturated heterocycles. The summed E-state index contributed by atoms with van der Waals surface area (Å²) in [7, 11) is 0. The van der Waals surface area contributed by atoms with E-state index in [1.807, 2.05) is 13.0 Å². The summed E-state index contributed by atoms with van der Waals surface area (Å²) in [6.45, 7) is 2.97. The normalized spacial score (nSPS) is 26.0. The van der Waals surface area contributed by atoms with E-state index >= 15 is 0 Å². The second kappa shape index (κ2) is 2.70. The number of hydrogen-bond acceptors (Lipinski definition) is 3. The maximum atomic E-state index is 12.0. The van der Waals surface area contributed by atoms with Crippen LogP contribution in [0.4, 0.5) is 11.4 Å². The van der Waals surface area contributed by atoms with Crippen LogP contribution >= 0.6 is 0 Å². The van der Waals surface area contributed by atoms with Crippen molar-refractivity contribution in [3.8, 4) is 0 Å². The number of quaternary nitrogens is 1. The van der Waals surface area contributed by atoms with Gasteiger partial charge in [0.25, 0.3) is 0 Å². The molecule has 0 bridgehead atoms. The van der Waals surface area contributed by atoms with Gasteiger partial charge in [0.2, 0.25) is 0 Å². The van der Waals surface area contributed by atoms with Crippen molar-refractivity contribution in [2.75, 3.05) is 12.3 Å². The average Bonchev–Trinajstić information content (AvgIpc) is 2.45. The van der Waals surface area contributed by atoms with Crippen LogP contribution in [0.5, 0.6) is 0 Å². The summed E-state index contributed by atoms with van der Waals surface area (Å²) in [5.41, 5.74) is 11.0. The highest BCUT2D eigenvalue weighted by Crippen LogP contribution is 2.31. The minimum atomic E-state index is -0.435. The largest absolute Gasteiger partial charge is 0.606 e. The van der Waals surface area contributed by atoms with Gasteiger partial charge in [0.05, 0.1) is 13.1 Å². The van der Waals surface area contributed by atoms with Gasteiger partial charge in [-0.1, -0.05) is 0 Å². The fourth-order valence-electron chi connectivity index (χ4n) is 1.68. The Kier molecular flexibility index (Phi) is 1.76. The first kappa shape index (κ1) is 8.50. The van der Waals surface area contributed by atoms with Gasteiger partial charge in [-0.2, -0.15) is 5.43 Å². The minimum absolute atomic E-state index is 0.435. The Morgan fingerprint density at radius 2 is 2.38 bits per heavy atom. The number of nitrogens with two attached hydrogens (primary N) is 1. The van der Waals surface area contributed by atoms with Crippen LogP contribution in [0.25, 0.3) is 0 Å². The number of nitrogens with one attached hydrogen (secondary N) is 1. The number of anilines is 1. The second-order valence-electron chi connectivity index (χ2n) is 3.28. The highest BCUT2D eigenvalue weighted by molar-refractivity contribution is 5.59. The summed E-state index contributed by atoms with van der Waals surface area (Å²) in [5.74, 6) is 0. The third kappa shape index (κ3) is 1.19. The van der Waals surface area contributed by atoms with Gasteiger partial charge in [-0.3, -0.25) is 0 Å². The molecule has 1 atom stereocenters. The zero-order chi connectivity index (χ0) is 9.47. The topological polar surface area (TPSA) is 61.1 Å². The van der Waals surface area contributed by atoms with Crippen molar-refractivity contribution >= 4 is 11.4 Å². The predicted octanol–water partition coefficient (Wildman–Crippen LogP) is 1.11. The summed E-state index contributed by atoms with van der Waals surface area (Å²) >= 11 is 0. The lowest BCUT2D eigenvalue weighted by molar-refractivity contribution is 0.308.